The standard InChI is InChI=1S/C19H12F3N3O3S2/c1-10-23-12(9-29-10)8-27-13-4-2-11(3-5-13)17-24-18(28-25-17)15-7-6-14(30-15)16(26)19(20,21)22/h2-7,9H,8H2,1H3. The molecular formula is C19H12F3N3O3S2. The van der Waals surface area contributed by atoms with E-state index in [-0.39, 0.29) is 16.6 Å². The van der Waals surface area contributed by atoms with Crippen molar-refractivity contribution in [3.63, 3.8) is 0 Å². The predicted molar refractivity (Wildman–Crippen MR) is 105 cm³/mol. The molecule has 0 saturated heterocycles. The first kappa shape index (κ1) is 20.2. The van der Waals surface area contributed by atoms with Crippen LogP contribution in [0.2, 0.25) is 0 Å². The first-order valence-electron chi connectivity index (χ1n) is 8.49. The van der Waals surface area contributed by atoms with Crippen LogP contribution < -0.4 is 4.74 Å². The third kappa shape index (κ3) is 4.41. The van der Waals surface area contributed by atoms with Gasteiger partial charge < -0.3 is 9.26 Å². The van der Waals surface area contributed by atoms with E-state index in [2.05, 4.69) is 15.1 Å². The lowest BCUT2D eigenvalue weighted by Crippen LogP contribution is -2.21. The summed E-state index contributed by atoms with van der Waals surface area (Å²) in [5.74, 6) is -0.956. The number of halogens is 3. The number of hydrogen-bond acceptors (Lipinski definition) is 8. The molecule has 1 aromatic carbocycles. The third-order valence-corrected chi connectivity index (χ3v) is 5.78. The minimum Gasteiger partial charge on any atom is -0.487 e. The molecule has 0 aliphatic heterocycles. The normalized spacial score (nSPS) is 11.6. The largest absolute Gasteiger partial charge is 0.487 e. The summed E-state index contributed by atoms with van der Waals surface area (Å²) in [4.78, 5) is 19.7. The van der Waals surface area contributed by atoms with Crippen molar-refractivity contribution in [3.05, 3.63) is 57.4 Å². The number of benzene rings is 1. The van der Waals surface area contributed by atoms with Crippen molar-refractivity contribution >= 4 is 28.5 Å². The quantitative estimate of drug-likeness (QED) is 0.358. The second kappa shape index (κ2) is 8.00. The van der Waals surface area contributed by atoms with Crippen LogP contribution in [0.4, 0.5) is 13.2 Å². The molecule has 0 amide bonds. The molecule has 0 spiro atoms. The molecule has 4 rings (SSSR count). The molecule has 0 radical (unpaired) electrons. The minimum atomic E-state index is -4.93. The van der Waals surface area contributed by atoms with Gasteiger partial charge in [0.1, 0.15) is 12.4 Å². The Balaban J connectivity index is 1.45. The Labute approximate surface area is 176 Å². The molecule has 0 bridgehead atoms. The number of thiazole rings is 1. The van der Waals surface area contributed by atoms with Gasteiger partial charge in [0.15, 0.2) is 0 Å². The van der Waals surface area contributed by atoms with Crippen LogP contribution in [0, 0.1) is 6.92 Å². The Hall–Kier alpha value is -3.05. The Bertz CT molecular complexity index is 1180. The molecule has 0 atom stereocenters. The van der Waals surface area contributed by atoms with Gasteiger partial charge in [0, 0.05) is 10.9 Å². The Kier molecular flexibility index (Phi) is 5.39. The van der Waals surface area contributed by atoms with E-state index in [0.29, 0.717) is 29.3 Å². The molecule has 3 heterocycles. The summed E-state index contributed by atoms with van der Waals surface area (Å²) < 4.78 is 48.5. The molecule has 154 valence electrons. The van der Waals surface area contributed by atoms with Crippen molar-refractivity contribution in [2.24, 2.45) is 0 Å². The Morgan fingerprint density at radius 3 is 2.57 bits per heavy atom. The van der Waals surface area contributed by atoms with Gasteiger partial charge in [0.2, 0.25) is 5.82 Å². The number of hydrogen-bond donors (Lipinski definition) is 0. The molecule has 0 aliphatic rings. The summed E-state index contributed by atoms with van der Waals surface area (Å²) in [6, 6.07) is 9.41. The smallest absolute Gasteiger partial charge is 0.455 e. The molecule has 0 N–H and O–H groups in total. The van der Waals surface area contributed by atoms with E-state index >= 15 is 0 Å². The Morgan fingerprint density at radius 2 is 1.90 bits per heavy atom. The molecule has 3 aromatic heterocycles. The highest BCUT2D eigenvalue weighted by Crippen LogP contribution is 2.32. The summed E-state index contributed by atoms with van der Waals surface area (Å²) in [6.07, 6.45) is -4.93. The van der Waals surface area contributed by atoms with Gasteiger partial charge in [-0.25, -0.2) is 4.98 Å². The molecule has 0 unspecified atom stereocenters. The van der Waals surface area contributed by atoms with E-state index in [4.69, 9.17) is 9.26 Å². The average molecular weight is 451 g/mol. The van der Waals surface area contributed by atoms with E-state index in [1.54, 1.807) is 35.6 Å². The lowest BCUT2D eigenvalue weighted by atomic mass is 10.2. The van der Waals surface area contributed by atoms with E-state index in [1.807, 2.05) is 12.3 Å². The zero-order valence-electron chi connectivity index (χ0n) is 15.3. The van der Waals surface area contributed by atoms with Crippen LogP contribution in [0.15, 0.2) is 46.3 Å². The van der Waals surface area contributed by atoms with Gasteiger partial charge >= 0.3 is 6.18 Å². The van der Waals surface area contributed by atoms with Crippen LogP contribution in [-0.4, -0.2) is 27.1 Å². The molecule has 0 fully saturated rings. The highest BCUT2D eigenvalue weighted by molar-refractivity contribution is 7.17. The number of thiophene rings is 1. The van der Waals surface area contributed by atoms with Crippen molar-refractivity contribution < 1.29 is 27.2 Å². The third-order valence-electron chi connectivity index (χ3n) is 3.89. The number of carbonyl (C=O) groups is 1. The van der Waals surface area contributed by atoms with Crippen LogP contribution in [-0.2, 0) is 6.61 Å². The number of alkyl halides is 3. The summed E-state index contributed by atoms with van der Waals surface area (Å²) in [5, 5.41) is 6.76. The topological polar surface area (TPSA) is 78.1 Å². The van der Waals surface area contributed by atoms with Gasteiger partial charge in [-0.2, -0.15) is 18.2 Å². The van der Waals surface area contributed by atoms with Crippen molar-refractivity contribution in [2.75, 3.05) is 0 Å². The number of Topliss-reactive ketones (excluding diaryl/α,β-unsaturated/α-hetero) is 1. The lowest BCUT2D eigenvalue weighted by molar-refractivity contribution is -0.0882. The van der Waals surface area contributed by atoms with Crippen molar-refractivity contribution in [1.29, 1.82) is 0 Å². The Morgan fingerprint density at radius 1 is 1.13 bits per heavy atom. The fourth-order valence-corrected chi connectivity index (χ4v) is 3.97. The van der Waals surface area contributed by atoms with Gasteiger partial charge in [-0.05, 0) is 43.3 Å². The number of nitrogens with zero attached hydrogens (tertiary/aromatic N) is 3. The monoisotopic (exact) mass is 451 g/mol. The molecule has 6 nitrogen and oxygen atoms in total. The zero-order chi connectivity index (χ0) is 21.3. The number of carbonyl (C=O) groups excluding carboxylic acids is 1. The minimum absolute atomic E-state index is 0.0375. The maximum Gasteiger partial charge on any atom is 0.455 e. The number of ether oxygens (including phenoxy) is 1. The van der Waals surface area contributed by atoms with Gasteiger partial charge in [-0.3, -0.25) is 4.79 Å². The summed E-state index contributed by atoms with van der Waals surface area (Å²) in [7, 11) is 0. The number of aryl methyl sites for hydroxylation is 1. The zero-order valence-corrected chi connectivity index (χ0v) is 16.9. The number of rotatable bonds is 6. The van der Waals surface area contributed by atoms with Crippen molar-refractivity contribution in [1.82, 2.24) is 15.1 Å². The first-order chi connectivity index (χ1) is 14.3. The fraction of sp³-hybridized carbons (Fsp3) is 0.158. The van der Waals surface area contributed by atoms with Crippen LogP contribution in [0.1, 0.15) is 20.4 Å². The van der Waals surface area contributed by atoms with Gasteiger partial charge in [0.05, 0.1) is 20.5 Å². The summed E-state index contributed by atoms with van der Waals surface area (Å²) >= 11 is 2.20. The van der Waals surface area contributed by atoms with Crippen LogP contribution >= 0.6 is 22.7 Å². The molecule has 30 heavy (non-hydrogen) atoms. The highest BCUT2D eigenvalue weighted by Gasteiger charge is 2.40. The van der Waals surface area contributed by atoms with Gasteiger partial charge in [-0.15, -0.1) is 22.7 Å². The fourth-order valence-electron chi connectivity index (χ4n) is 2.49. The van der Waals surface area contributed by atoms with E-state index in [9.17, 15) is 18.0 Å². The molecule has 11 heteroatoms. The van der Waals surface area contributed by atoms with E-state index < -0.39 is 16.8 Å². The van der Waals surface area contributed by atoms with Crippen molar-refractivity contribution in [3.8, 4) is 27.9 Å². The summed E-state index contributed by atoms with van der Waals surface area (Å²) in [6.45, 7) is 2.28. The van der Waals surface area contributed by atoms with Gasteiger partial charge in [0.25, 0.3) is 11.7 Å². The number of aromatic nitrogens is 3. The van der Waals surface area contributed by atoms with Crippen LogP contribution in [0.5, 0.6) is 5.75 Å². The van der Waals surface area contributed by atoms with E-state index in [0.717, 1.165) is 16.8 Å². The number of ketones is 1. The molecule has 4 aromatic rings. The average Bonchev–Trinajstić information content (AvgIpc) is 3.46. The highest BCUT2D eigenvalue weighted by atomic mass is 32.1. The second-order valence-corrected chi connectivity index (χ2v) is 8.23. The maximum atomic E-state index is 12.5. The van der Waals surface area contributed by atoms with Crippen LogP contribution in [0.3, 0.4) is 0 Å². The lowest BCUT2D eigenvalue weighted by Gasteiger charge is -2.04. The summed E-state index contributed by atoms with van der Waals surface area (Å²) in [5.41, 5.74) is 1.49. The maximum absolute atomic E-state index is 12.5. The molecule has 0 aliphatic carbocycles. The predicted octanol–water partition coefficient (Wildman–Crippen LogP) is 5.55. The van der Waals surface area contributed by atoms with Crippen molar-refractivity contribution in [2.45, 2.75) is 19.7 Å². The molecule has 0 saturated carbocycles. The first-order valence-corrected chi connectivity index (χ1v) is 10.2. The van der Waals surface area contributed by atoms with E-state index in [1.165, 1.54) is 6.07 Å². The SMILES string of the molecule is Cc1nc(COc2ccc(-c3noc(-c4ccc(C(=O)C(F)(F)F)s4)n3)cc2)cs1. The second-order valence-electron chi connectivity index (χ2n) is 6.08. The van der Waals surface area contributed by atoms with Crippen LogP contribution in [0.25, 0.3) is 22.2 Å². The van der Waals surface area contributed by atoms with Gasteiger partial charge in [-0.1, -0.05) is 5.16 Å². The molecular weight excluding hydrogens is 439 g/mol.